The highest BCUT2D eigenvalue weighted by Gasteiger charge is 2.50. The molecule has 1 saturated heterocycles. The molecule has 0 aromatic rings. The number of ether oxygens (including phenoxy) is 5. The molecule has 0 aliphatic carbocycles. The molecule has 1 aliphatic rings. The van der Waals surface area contributed by atoms with Gasteiger partial charge in [-0.2, -0.15) is 0 Å². The first kappa shape index (κ1) is 82.0. The number of allylic oxidation sites excluding steroid dienone is 6. The summed E-state index contributed by atoms with van der Waals surface area (Å²) in [6, 6.07) is 0. The quantitative estimate of drug-likeness (QED) is 0.0228. The van der Waals surface area contributed by atoms with Gasteiger partial charge in [0.25, 0.3) is 0 Å². The van der Waals surface area contributed by atoms with Crippen LogP contribution in [0.4, 0.5) is 0 Å². The van der Waals surface area contributed by atoms with Crippen LogP contribution in [0, 0.1) is 0 Å². The zero-order valence-electron chi connectivity index (χ0n) is 56.5. The Bertz CT molecular complexity index is 1650. The molecular formula is C75H136O12. The van der Waals surface area contributed by atoms with Crippen molar-refractivity contribution in [1.29, 1.82) is 0 Å². The van der Waals surface area contributed by atoms with Crippen molar-refractivity contribution in [3.05, 3.63) is 36.5 Å². The van der Waals surface area contributed by atoms with Gasteiger partial charge in [0.15, 0.2) is 24.6 Å². The van der Waals surface area contributed by atoms with E-state index in [9.17, 15) is 34.5 Å². The fourth-order valence-electron chi connectivity index (χ4n) is 11.6. The Morgan fingerprint density at radius 1 is 0.379 bits per heavy atom. The summed E-state index contributed by atoms with van der Waals surface area (Å²) >= 11 is 0. The minimum Gasteiger partial charge on any atom is -0.479 e. The zero-order chi connectivity index (χ0) is 63.1. The highest BCUT2D eigenvalue weighted by molar-refractivity contribution is 5.74. The molecule has 1 heterocycles. The van der Waals surface area contributed by atoms with Crippen molar-refractivity contribution in [2.24, 2.45) is 0 Å². The third-order valence-electron chi connectivity index (χ3n) is 17.2. The van der Waals surface area contributed by atoms with Gasteiger partial charge in [-0.3, -0.25) is 14.4 Å². The molecule has 12 nitrogen and oxygen atoms in total. The van der Waals surface area contributed by atoms with E-state index in [1.165, 1.54) is 218 Å². The Morgan fingerprint density at radius 3 is 1.07 bits per heavy atom. The fourth-order valence-corrected chi connectivity index (χ4v) is 11.6. The van der Waals surface area contributed by atoms with E-state index in [0.717, 1.165) is 89.9 Å². The maximum Gasteiger partial charge on any atom is 0.335 e. The Kier molecular flexibility index (Phi) is 59.4. The molecule has 1 rings (SSSR count). The first-order chi connectivity index (χ1) is 42.6. The van der Waals surface area contributed by atoms with Crippen LogP contribution in [0.2, 0.25) is 0 Å². The van der Waals surface area contributed by atoms with Crippen LogP contribution in [-0.2, 0) is 42.9 Å². The van der Waals surface area contributed by atoms with Crippen LogP contribution in [-0.4, -0.2) is 89.2 Å². The molecule has 1 fully saturated rings. The van der Waals surface area contributed by atoms with Crippen LogP contribution < -0.4 is 0 Å². The number of hydrogen-bond acceptors (Lipinski definition) is 11. The van der Waals surface area contributed by atoms with Crippen molar-refractivity contribution in [1.82, 2.24) is 0 Å². The van der Waals surface area contributed by atoms with Crippen LogP contribution in [0.15, 0.2) is 36.5 Å². The summed E-state index contributed by atoms with van der Waals surface area (Å²) in [5.74, 6) is -3.09. The highest BCUT2D eigenvalue weighted by Crippen LogP contribution is 2.27. The Hall–Kier alpha value is -3.06. The minimum absolute atomic E-state index is 0.0501. The lowest BCUT2D eigenvalue weighted by molar-refractivity contribution is -0.301. The Morgan fingerprint density at radius 2 is 0.690 bits per heavy atom. The zero-order valence-corrected chi connectivity index (χ0v) is 56.5. The van der Waals surface area contributed by atoms with Gasteiger partial charge in [-0.15, -0.1) is 0 Å². The second kappa shape index (κ2) is 63.1. The molecule has 6 atom stereocenters. The molecule has 3 N–H and O–H groups in total. The van der Waals surface area contributed by atoms with Gasteiger partial charge in [0, 0.05) is 19.3 Å². The van der Waals surface area contributed by atoms with E-state index in [0.29, 0.717) is 19.3 Å². The molecule has 0 aromatic carbocycles. The second-order valence-electron chi connectivity index (χ2n) is 25.6. The molecule has 0 aromatic heterocycles. The van der Waals surface area contributed by atoms with Crippen molar-refractivity contribution in [3.8, 4) is 0 Å². The van der Waals surface area contributed by atoms with Crippen LogP contribution in [0.1, 0.15) is 367 Å². The molecule has 0 saturated carbocycles. The molecule has 6 unspecified atom stereocenters. The summed E-state index contributed by atoms with van der Waals surface area (Å²) in [6.45, 7) is 6.06. The van der Waals surface area contributed by atoms with E-state index in [1.807, 2.05) is 0 Å². The van der Waals surface area contributed by atoms with Gasteiger partial charge in [-0.25, -0.2) is 4.79 Å². The van der Waals surface area contributed by atoms with Gasteiger partial charge < -0.3 is 39.0 Å². The lowest BCUT2D eigenvalue weighted by Gasteiger charge is -2.40. The van der Waals surface area contributed by atoms with E-state index < -0.39 is 67.3 Å². The molecule has 0 spiro atoms. The number of esters is 3. The van der Waals surface area contributed by atoms with Crippen molar-refractivity contribution in [3.63, 3.8) is 0 Å². The van der Waals surface area contributed by atoms with Gasteiger partial charge in [0.1, 0.15) is 18.8 Å². The summed E-state index contributed by atoms with van der Waals surface area (Å²) in [7, 11) is 0. The molecule has 87 heavy (non-hydrogen) atoms. The largest absolute Gasteiger partial charge is 0.479 e. The summed E-state index contributed by atoms with van der Waals surface area (Å²) in [5.41, 5.74) is 0. The number of carboxylic acid groups (broad SMARTS) is 1. The van der Waals surface area contributed by atoms with Gasteiger partial charge in [-0.05, 0) is 57.8 Å². The maximum atomic E-state index is 13.3. The lowest BCUT2D eigenvalue weighted by Crippen LogP contribution is -2.61. The average molecular weight is 1230 g/mol. The summed E-state index contributed by atoms with van der Waals surface area (Å²) < 4.78 is 28.7. The summed E-state index contributed by atoms with van der Waals surface area (Å²) in [5, 5.41) is 31.7. The normalized spacial score (nSPS) is 17.5. The molecule has 1 aliphatic heterocycles. The van der Waals surface area contributed by atoms with Gasteiger partial charge in [0.2, 0.25) is 0 Å². The Balaban J connectivity index is 2.61. The number of hydrogen-bond donors (Lipinski definition) is 3. The van der Waals surface area contributed by atoms with Crippen molar-refractivity contribution >= 4 is 23.9 Å². The predicted octanol–water partition coefficient (Wildman–Crippen LogP) is 20.7. The first-order valence-electron chi connectivity index (χ1n) is 37.0. The van der Waals surface area contributed by atoms with Crippen molar-refractivity contribution < 1.29 is 58.2 Å². The van der Waals surface area contributed by atoms with Gasteiger partial charge in [-0.1, -0.05) is 327 Å². The standard InChI is InChI=1S/C75H136O12/c1-4-7-10-13-16-19-22-25-28-31-34-37-40-43-46-49-52-55-58-61-67(76)83-64-66(85-68(77)62-59-56-53-50-47-44-41-38-35-32-29-26-23-20-17-14-11-8-5-2)65-84-75-73(71(80)70(79)72(87-75)74(81)82)86-69(78)63-60-57-54-51-48-45-42-39-36-33-30-27-24-21-18-15-12-9-6-3/h18,21,27,30,36,39,66,70-73,75,79-80H,4-17,19-20,22-26,28-29,31-35,37-38,40-65H2,1-3H3,(H,81,82)/b21-18-,30-27-,39-36-. The monoisotopic (exact) mass is 1230 g/mol. The van der Waals surface area contributed by atoms with E-state index >= 15 is 0 Å². The third-order valence-corrected chi connectivity index (χ3v) is 17.2. The van der Waals surface area contributed by atoms with Gasteiger partial charge in [0.05, 0.1) is 6.61 Å². The Labute approximate surface area is 533 Å². The number of aliphatic hydroxyl groups excluding tert-OH is 2. The number of aliphatic carboxylic acids is 1. The topological polar surface area (TPSA) is 175 Å². The number of carboxylic acids is 1. The number of carbonyl (C=O) groups excluding carboxylic acids is 3. The number of carbonyl (C=O) groups is 4. The molecule has 0 radical (unpaired) electrons. The summed E-state index contributed by atoms with van der Waals surface area (Å²) in [6.07, 6.45) is 65.2. The predicted molar refractivity (Wildman–Crippen MR) is 359 cm³/mol. The fraction of sp³-hybridized carbons (Fsp3) is 0.867. The molecule has 0 amide bonds. The number of rotatable bonds is 65. The van der Waals surface area contributed by atoms with E-state index in [4.69, 9.17) is 23.7 Å². The molecule has 12 heteroatoms. The number of unbranched alkanes of at least 4 members (excludes halogenated alkanes) is 45. The average Bonchev–Trinajstić information content (AvgIpc) is 2.60. The van der Waals surface area contributed by atoms with Crippen LogP contribution in [0.5, 0.6) is 0 Å². The van der Waals surface area contributed by atoms with Crippen LogP contribution >= 0.6 is 0 Å². The molecular weight excluding hydrogens is 1090 g/mol. The SMILES string of the molecule is CCCCC/C=C\C/C=C\C/C=C\CCCCCCCCC(=O)OC1C(OCC(COC(=O)CCCCCCCCCCCCCCCCCCCCC)OC(=O)CCCCCCCCCCCCCCCCCCCCC)OC(C(=O)O)C(O)C1O. The van der Waals surface area contributed by atoms with E-state index in [-0.39, 0.29) is 25.9 Å². The van der Waals surface area contributed by atoms with Crippen LogP contribution in [0.25, 0.3) is 0 Å². The van der Waals surface area contributed by atoms with Crippen molar-refractivity contribution in [2.75, 3.05) is 13.2 Å². The van der Waals surface area contributed by atoms with Crippen molar-refractivity contribution in [2.45, 2.75) is 404 Å². The van der Waals surface area contributed by atoms with E-state index in [2.05, 4.69) is 57.2 Å². The first-order valence-corrected chi connectivity index (χ1v) is 37.0. The summed E-state index contributed by atoms with van der Waals surface area (Å²) in [4.78, 5) is 51.6. The smallest absolute Gasteiger partial charge is 0.335 e. The number of aliphatic hydroxyl groups is 2. The molecule has 0 bridgehead atoms. The van der Waals surface area contributed by atoms with E-state index in [1.54, 1.807) is 0 Å². The lowest BCUT2D eigenvalue weighted by atomic mass is 9.98. The third kappa shape index (κ3) is 52.3. The minimum atomic E-state index is -1.91. The molecule has 508 valence electrons. The highest BCUT2D eigenvalue weighted by atomic mass is 16.7. The van der Waals surface area contributed by atoms with Crippen LogP contribution in [0.3, 0.4) is 0 Å². The maximum absolute atomic E-state index is 13.3. The second-order valence-corrected chi connectivity index (χ2v) is 25.6. The van der Waals surface area contributed by atoms with Gasteiger partial charge >= 0.3 is 23.9 Å².